The predicted octanol–water partition coefficient (Wildman–Crippen LogP) is 0.955. The third kappa shape index (κ3) is 4.69. The predicted molar refractivity (Wildman–Crippen MR) is 94.3 cm³/mol. The maximum atomic E-state index is 11.5. The molecular weight excluding hydrogens is 320 g/mol. The van der Waals surface area contributed by atoms with Gasteiger partial charge >= 0.3 is 6.03 Å². The molecule has 2 heterocycles. The van der Waals surface area contributed by atoms with Crippen LogP contribution >= 0.6 is 0 Å². The lowest BCUT2D eigenvalue weighted by molar-refractivity contribution is 0.0271. The van der Waals surface area contributed by atoms with Crippen LogP contribution in [0, 0.1) is 0 Å². The zero-order valence-corrected chi connectivity index (χ0v) is 14.6. The van der Waals surface area contributed by atoms with Crippen LogP contribution in [0.2, 0.25) is 0 Å². The molecule has 1 atom stereocenters. The van der Waals surface area contributed by atoms with Crippen molar-refractivity contribution in [2.24, 2.45) is 0 Å². The van der Waals surface area contributed by atoms with Crippen LogP contribution in [-0.2, 0) is 17.8 Å². The van der Waals surface area contributed by atoms with Gasteiger partial charge in [0, 0.05) is 32.9 Å². The summed E-state index contributed by atoms with van der Waals surface area (Å²) in [5, 5.41) is 11.0. The molecule has 1 saturated heterocycles. The third-order valence-corrected chi connectivity index (χ3v) is 4.06. The normalized spacial score (nSPS) is 17.4. The topological polar surface area (TPSA) is 75.5 Å². The summed E-state index contributed by atoms with van der Waals surface area (Å²) in [4.78, 5) is 15.4. The monoisotopic (exact) mass is 344 g/mol. The second-order valence-electron chi connectivity index (χ2n) is 6.26. The van der Waals surface area contributed by atoms with Crippen molar-refractivity contribution in [3.05, 3.63) is 42.2 Å². The Morgan fingerprint density at radius 2 is 2.16 bits per heavy atom. The van der Waals surface area contributed by atoms with Gasteiger partial charge in [-0.3, -0.25) is 0 Å². The number of urea groups is 1. The van der Waals surface area contributed by atoms with Crippen LogP contribution in [0.25, 0.3) is 0 Å². The van der Waals surface area contributed by atoms with Crippen molar-refractivity contribution in [2.45, 2.75) is 19.2 Å². The molecule has 8 nitrogen and oxygen atoms in total. The molecule has 25 heavy (non-hydrogen) atoms. The quantitative estimate of drug-likeness (QED) is 0.874. The molecule has 0 aliphatic carbocycles. The summed E-state index contributed by atoms with van der Waals surface area (Å²) in [7, 11) is 3.40. The number of benzene rings is 1. The average molecular weight is 344 g/mol. The molecule has 0 saturated carbocycles. The van der Waals surface area contributed by atoms with Gasteiger partial charge in [-0.05, 0) is 12.1 Å². The Kier molecular flexibility index (Phi) is 5.49. The Bertz CT molecular complexity index is 687. The number of hydrogen-bond acceptors (Lipinski definition) is 5. The van der Waals surface area contributed by atoms with Gasteiger partial charge < -0.3 is 19.9 Å². The van der Waals surface area contributed by atoms with E-state index in [0.29, 0.717) is 19.7 Å². The second kappa shape index (κ2) is 7.98. The fourth-order valence-corrected chi connectivity index (χ4v) is 2.74. The van der Waals surface area contributed by atoms with E-state index in [1.807, 2.05) is 24.4 Å². The van der Waals surface area contributed by atoms with Gasteiger partial charge in [0.25, 0.3) is 0 Å². The summed E-state index contributed by atoms with van der Waals surface area (Å²) >= 11 is 0. The second-order valence-corrected chi connectivity index (χ2v) is 6.26. The lowest BCUT2D eigenvalue weighted by Gasteiger charge is -2.34. The van der Waals surface area contributed by atoms with Crippen LogP contribution in [-0.4, -0.2) is 65.8 Å². The number of aromatic nitrogens is 3. The lowest BCUT2D eigenvalue weighted by Crippen LogP contribution is -2.44. The molecule has 1 aliphatic heterocycles. The van der Waals surface area contributed by atoms with Crippen molar-refractivity contribution < 1.29 is 9.53 Å². The molecule has 0 bridgehead atoms. The van der Waals surface area contributed by atoms with Gasteiger partial charge in [-0.2, -0.15) is 0 Å². The highest BCUT2D eigenvalue weighted by Crippen LogP contribution is 2.17. The SMILES string of the molecule is CN(C)C(=O)NCc1cn(CC2CN(c3ccccc3)CCO2)nn1. The Labute approximate surface area is 147 Å². The average Bonchev–Trinajstić information content (AvgIpc) is 3.08. The number of carbonyl (C=O) groups is 1. The van der Waals surface area contributed by atoms with E-state index in [4.69, 9.17) is 4.74 Å². The molecule has 0 radical (unpaired) electrons. The minimum Gasteiger partial charge on any atom is -0.373 e. The van der Waals surface area contributed by atoms with E-state index in [-0.39, 0.29) is 12.1 Å². The van der Waals surface area contributed by atoms with Crippen LogP contribution in [0.1, 0.15) is 5.69 Å². The fourth-order valence-electron chi connectivity index (χ4n) is 2.74. The minimum atomic E-state index is -0.149. The summed E-state index contributed by atoms with van der Waals surface area (Å²) in [6.45, 7) is 3.40. The van der Waals surface area contributed by atoms with Gasteiger partial charge in [-0.1, -0.05) is 23.4 Å². The summed E-state index contributed by atoms with van der Waals surface area (Å²) < 4.78 is 7.64. The summed E-state index contributed by atoms with van der Waals surface area (Å²) in [5.74, 6) is 0. The smallest absolute Gasteiger partial charge is 0.317 e. The summed E-state index contributed by atoms with van der Waals surface area (Å²) in [5.41, 5.74) is 1.94. The molecule has 1 aromatic heterocycles. The zero-order chi connectivity index (χ0) is 17.6. The number of hydrogen-bond donors (Lipinski definition) is 1. The van der Waals surface area contributed by atoms with E-state index >= 15 is 0 Å². The first-order chi connectivity index (χ1) is 12.1. The van der Waals surface area contributed by atoms with Gasteiger partial charge in [0.05, 0.1) is 32.0 Å². The van der Waals surface area contributed by atoms with Crippen molar-refractivity contribution >= 4 is 11.7 Å². The first-order valence-corrected chi connectivity index (χ1v) is 8.37. The Balaban J connectivity index is 1.53. The van der Waals surface area contributed by atoms with E-state index in [1.54, 1.807) is 18.8 Å². The number of amides is 2. The van der Waals surface area contributed by atoms with Crippen molar-refractivity contribution in [3.8, 4) is 0 Å². The molecular formula is C17H24N6O2. The molecule has 1 aromatic carbocycles. The number of para-hydroxylation sites is 1. The number of nitrogens with zero attached hydrogens (tertiary/aromatic N) is 5. The van der Waals surface area contributed by atoms with E-state index in [2.05, 4.69) is 32.7 Å². The van der Waals surface area contributed by atoms with Gasteiger partial charge in [-0.15, -0.1) is 5.10 Å². The Hall–Kier alpha value is -2.61. The molecule has 2 amide bonds. The number of morpholine rings is 1. The highest BCUT2D eigenvalue weighted by Gasteiger charge is 2.21. The van der Waals surface area contributed by atoms with Crippen LogP contribution in [0.15, 0.2) is 36.5 Å². The molecule has 1 N–H and O–H groups in total. The van der Waals surface area contributed by atoms with E-state index < -0.39 is 0 Å². The maximum Gasteiger partial charge on any atom is 0.317 e. The van der Waals surface area contributed by atoms with Crippen LogP contribution in [0.3, 0.4) is 0 Å². The molecule has 2 aromatic rings. The highest BCUT2D eigenvalue weighted by atomic mass is 16.5. The first kappa shape index (κ1) is 17.2. The lowest BCUT2D eigenvalue weighted by atomic mass is 10.2. The van der Waals surface area contributed by atoms with Gasteiger partial charge in [0.1, 0.15) is 5.69 Å². The van der Waals surface area contributed by atoms with Gasteiger partial charge in [-0.25, -0.2) is 9.48 Å². The van der Waals surface area contributed by atoms with Crippen molar-refractivity contribution in [2.75, 3.05) is 38.7 Å². The maximum absolute atomic E-state index is 11.5. The third-order valence-electron chi connectivity index (χ3n) is 4.06. The van der Waals surface area contributed by atoms with Crippen molar-refractivity contribution in [1.29, 1.82) is 0 Å². The molecule has 8 heteroatoms. The van der Waals surface area contributed by atoms with Gasteiger partial charge in [0.2, 0.25) is 0 Å². The number of ether oxygens (including phenoxy) is 1. The number of nitrogens with one attached hydrogen (secondary N) is 1. The van der Waals surface area contributed by atoms with Crippen molar-refractivity contribution in [1.82, 2.24) is 25.2 Å². The zero-order valence-electron chi connectivity index (χ0n) is 14.6. The highest BCUT2D eigenvalue weighted by molar-refractivity contribution is 5.73. The van der Waals surface area contributed by atoms with Crippen LogP contribution in [0.4, 0.5) is 10.5 Å². The van der Waals surface area contributed by atoms with E-state index in [9.17, 15) is 4.79 Å². The van der Waals surface area contributed by atoms with Gasteiger partial charge in [0.15, 0.2) is 0 Å². The Morgan fingerprint density at radius 3 is 2.92 bits per heavy atom. The van der Waals surface area contributed by atoms with E-state index in [0.717, 1.165) is 18.8 Å². The first-order valence-electron chi connectivity index (χ1n) is 8.37. The molecule has 0 spiro atoms. The molecule has 1 unspecified atom stereocenters. The number of anilines is 1. The van der Waals surface area contributed by atoms with Crippen LogP contribution < -0.4 is 10.2 Å². The van der Waals surface area contributed by atoms with Crippen LogP contribution in [0.5, 0.6) is 0 Å². The van der Waals surface area contributed by atoms with Crippen molar-refractivity contribution in [3.63, 3.8) is 0 Å². The minimum absolute atomic E-state index is 0.0554. The summed E-state index contributed by atoms with van der Waals surface area (Å²) in [6, 6.07) is 10.2. The number of rotatable bonds is 5. The molecule has 3 rings (SSSR count). The largest absolute Gasteiger partial charge is 0.373 e. The fraction of sp³-hybridized carbons (Fsp3) is 0.471. The molecule has 134 valence electrons. The Morgan fingerprint density at radius 1 is 1.36 bits per heavy atom. The number of carbonyl (C=O) groups excluding carboxylic acids is 1. The van der Waals surface area contributed by atoms with E-state index in [1.165, 1.54) is 10.6 Å². The standard InChI is InChI=1S/C17H24N6O2/c1-21(2)17(24)18-10-14-11-23(20-19-14)13-16-12-22(8-9-25-16)15-6-4-3-5-7-15/h3-7,11,16H,8-10,12-13H2,1-2H3,(H,18,24). The molecule has 1 aliphatic rings. The molecule has 1 fully saturated rings. The summed E-state index contributed by atoms with van der Waals surface area (Å²) in [6.07, 6.45) is 1.90.